The summed E-state index contributed by atoms with van der Waals surface area (Å²) in [6, 6.07) is 17.0. The number of benzene rings is 2. The highest BCUT2D eigenvalue weighted by Crippen LogP contribution is 2.21. The summed E-state index contributed by atoms with van der Waals surface area (Å²) in [7, 11) is 1.70. The van der Waals surface area contributed by atoms with Gasteiger partial charge in [0.15, 0.2) is 0 Å². The first-order valence-corrected chi connectivity index (χ1v) is 12.1. The number of ether oxygens (including phenoxy) is 1. The van der Waals surface area contributed by atoms with Crippen LogP contribution in [0, 0.1) is 5.92 Å². The van der Waals surface area contributed by atoms with Crippen LogP contribution in [-0.2, 0) is 24.4 Å². The molecule has 4 rings (SSSR count). The van der Waals surface area contributed by atoms with Crippen LogP contribution in [-0.4, -0.2) is 49.0 Å². The zero-order chi connectivity index (χ0) is 22.2. The van der Waals surface area contributed by atoms with Crippen LogP contribution < -0.4 is 10.1 Å². The molecule has 2 fully saturated rings. The van der Waals surface area contributed by atoms with Gasteiger partial charge in [0.2, 0.25) is 5.91 Å². The maximum atomic E-state index is 12.7. The minimum atomic E-state index is 0.120. The van der Waals surface area contributed by atoms with Gasteiger partial charge in [-0.05, 0) is 80.7 Å². The number of amides is 1. The van der Waals surface area contributed by atoms with E-state index in [0.29, 0.717) is 6.54 Å². The Bertz CT molecular complexity index is 853. The molecule has 0 bridgehead atoms. The molecule has 1 N–H and O–H groups in total. The molecular formula is C27H37N3O2. The number of rotatable bonds is 8. The number of likely N-dealkylation sites (tertiary alicyclic amines) is 2. The second-order valence-electron chi connectivity index (χ2n) is 9.27. The number of nitrogens with one attached hydrogen (secondary N) is 1. The predicted molar refractivity (Wildman–Crippen MR) is 128 cm³/mol. The number of hydrogen-bond donors (Lipinski definition) is 1. The summed E-state index contributed by atoms with van der Waals surface area (Å²) >= 11 is 0. The number of methoxy groups -OCH3 is 1. The first-order valence-electron chi connectivity index (χ1n) is 12.1. The maximum absolute atomic E-state index is 12.7. The number of nitrogens with zero attached hydrogens (tertiary/aromatic N) is 2. The fourth-order valence-electron chi connectivity index (χ4n) is 4.85. The third kappa shape index (κ3) is 6.57. The van der Waals surface area contributed by atoms with Crippen LogP contribution in [0.25, 0.3) is 0 Å². The highest BCUT2D eigenvalue weighted by atomic mass is 16.5. The average molecular weight is 436 g/mol. The second kappa shape index (κ2) is 11.5. The largest absolute Gasteiger partial charge is 0.497 e. The third-order valence-electron chi connectivity index (χ3n) is 6.84. The first kappa shape index (κ1) is 22.8. The average Bonchev–Trinajstić information content (AvgIpc) is 2.85. The topological polar surface area (TPSA) is 44.8 Å². The summed E-state index contributed by atoms with van der Waals surface area (Å²) in [4.78, 5) is 17.7. The van der Waals surface area contributed by atoms with E-state index >= 15 is 0 Å². The third-order valence-corrected chi connectivity index (χ3v) is 6.84. The van der Waals surface area contributed by atoms with Crippen LogP contribution in [0.3, 0.4) is 0 Å². The molecule has 5 nitrogen and oxygen atoms in total. The number of piperidine rings is 2. The van der Waals surface area contributed by atoms with E-state index in [-0.39, 0.29) is 11.8 Å². The Morgan fingerprint density at radius 2 is 1.53 bits per heavy atom. The van der Waals surface area contributed by atoms with Gasteiger partial charge in [-0.3, -0.25) is 14.6 Å². The molecule has 5 heteroatoms. The second-order valence-corrected chi connectivity index (χ2v) is 9.27. The van der Waals surface area contributed by atoms with E-state index in [4.69, 9.17) is 4.74 Å². The van der Waals surface area contributed by atoms with Crippen molar-refractivity contribution in [2.24, 2.45) is 5.92 Å². The summed E-state index contributed by atoms with van der Waals surface area (Å²) in [6.45, 7) is 6.93. The Hall–Kier alpha value is -2.37. The molecular weight excluding hydrogens is 398 g/mol. The predicted octanol–water partition coefficient (Wildman–Crippen LogP) is 4.21. The van der Waals surface area contributed by atoms with Gasteiger partial charge in [-0.2, -0.15) is 0 Å². The molecule has 2 saturated heterocycles. The van der Waals surface area contributed by atoms with Crippen LogP contribution >= 0.6 is 0 Å². The lowest BCUT2D eigenvalue weighted by molar-refractivity contribution is -0.126. The van der Waals surface area contributed by atoms with Crippen LogP contribution in [0.2, 0.25) is 0 Å². The summed E-state index contributed by atoms with van der Waals surface area (Å²) in [5.74, 6) is 1.22. The molecule has 0 aromatic heterocycles. The van der Waals surface area contributed by atoms with Crippen molar-refractivity contribution in [3.63, 3.8) is 0 Å². The van der Waals surface area contributed by atoms with Gasteiger partial charge in [0.1, 0.15) is 5.75 Å². The molecule has 2 aromatic rings. The van der Waals surface area contributed by atoms with E-state index in [1.807, 2.05) is 12.1 Å². The molecule has 2 aliphatic rings. The SMILES string of the molecule is COc1cccc(CN2CCC(C(=O)NCc3ccc(CN4CCCCC4)cc3)CC2)c1. The summed E-state index contributed by atoms with van der Waals surface area (Å²) in [5, 5.41) is 3.16. The molecule has 32 heavy (non-hydrogen) atoms. The Balaban J connectivity index is 1.18. The Labute approximate surface area is 192 Å². The van der Waals surface area contributed by atoms with Crippen molar-refractivity contribution in [2.75, 3.05) is 33.3 Å². The highest BCUT2D eigenvalue weighted by molar-refractivity contribution is 5.78. The van der Waals surface area contributed by atoms with Gasteiger partial charge in [-0.15, -0.1) is 0 Å². The fourth-order valence-corrected chi connectivity index (χ4v) is 4.85. The Kier molecular flexibility index (Phi) is 8.18. The molecule has 0 radical (unpaired) electrons. The van der Waals surface area contributed by atoms with Gasteiger partial charge in [0.25, 0.3) is 0 Å². The van der Waals surface area contributed by atoms with Crippen molar-refractivity contribution in [1.29, 1.82) is 0 Å². The monoisotopic (exact) mass is 435 g/mol. The standard InChI is InChI=1S/C27H37N3O2/c1-32-26-7-5-6-24(18-26)21-30-16-12-25(13-17-30)27(31)28-19-22-8-10-23(11-9-22)20-29-14-3-2-4-15-29/h5-11,18,25H,2-4,12-17,19-21H2,1H3,(H,28,31). The van der Waals surface area contributed by atoms with Gasteiger partial charge in [0, 0.05) is 25.6 Å². The molecule has 2 aliphatic heterocycles. The quantitative estimate of drug-likeness (QED) is 0.675. The summed E-state index contributed by atoms with van der Waals surface area (Å²) < 4.78 is 5.32. The van der Waals surface area contributed by atoms with Crippen LogP contribution in [0.4, 0.5) is 0 Å². The van der Waals surface area contributed by atoms with Crippen molar-refractivity contribution in [1.82, 2.24) is 15.1 Å². The molecule has 0 saturated carbocycles. The molecule has 0 spiro atoms. The summed E-state index contributed by atoms with van der Waals surface area (Å²) in [6.07, 6.45) is 5.86. The van der Waals surface area contributed by atoms with E-state index in [9.17, 15) is 4.79 Å². The number of carbonyl (C=O) groups is 1. The van der Waals surface area contributed by atoms with Crippen molar-refractivity contribution in [3.05, 3.63) is 65.2 Å². The maximum Gasteiger partial charge on any atom is 0.223 e. The van der Waals surface area contributed by atoms with Crippen molar-refractivity contribution < 1.29 is 9.53 Å². The molecule has 172 valence electrons. The minimum absolute atomic E-state index is 0.120. The lowest BCUT2D eigenvalue weighted by Crippen LogP contribution is -2.40. The van der Waals surface area contributed by atoms with E-state index in [0.717, 1.165) is 44.8 Å². The number of hydrogen-bond acceptors (Lipinski definition) is 4. The zero-order valence-electron chi connectivity index (χ0n) is 19.4. The Morgan fingerprint density at radius 1 is 0.875 bits per heavy atom. The summed E-state index contributed by atoms with van der Waals surface area (Å²) in [5.41, 5.74) is 3.80. The molecule has 2 heterocycles. The molecule has 1 amide bonds. The van der Waals surface area contributed by atoms with Gasteiger partial charge < -0.3 is 10.1 Å². The smallest absolute Gasteiger partial charge is 0.223 e. The van der Waals surface area contributed by atoms with E-state index in [1.165, 1.54) is 49.0 Å². The van der Waals surface area contributed by atoms with E-state index in [1.54, 1.807) is 7.11 Å². The molecule has 0 unspecified atom stereocenters. The van der Waals surface area contributed by atoms with Crippen LogP contribution in [0.1, 0.15) is 48.8 Å². The van der Waals surface area contributed by atoms with Gasteiger partial charge in [0.05, 0.1) is 7.11 Å². The molecule has 0 aliphatic carbocycles. The fraction of sp³-hybridized carbons (Fsp3) is 0.519. The van der Waals surface area contributed by atoms with Crippen molar-refractivity contribution >= 4 is 5.91 Å². The lowest BCUT2D eigenvalue weighted by Gasteiger charge is -2.31. The van der Waals surface area contributed by atoms with Gasteiger partial charge >= 0.3 is 0 Å². The Morgan fingerprint density at radius 3 is 2.25 bits per heavy atom. The van der Waals surface area contributed by atoms with Crippen molar-refractivity contribution in [3.8, 4) is 5.75 Å². The van der Waals surface area contributed by atoms with Crippen LogP contribution in [0.5, 0.6) is 5.75 Å². The normalized spacial score (nSPS) is 18.4. The first-order chi connectivity index (χ1) is 15.7. The zero-order valence-corrected chi connectivity index (χ0v) is 19.4. The van der Waals surface area contributed by atoms with Crippen molar-refractivity contribution in [2.45, 2.75) is 51.7 Å². The highest BCUT2D eigenvalue weighted by Gasteiger charge is 2.24. The van der Waals surface area contributed by atoms with E-state index < -0.39 is 0 Å². The van der Waals surface area contributed by atoms with Crippen LogP contribution in [0.15, 0.2) is 48.5 Å². The molecule has 2 aromatic carbocycles. The minimum Gasteiger partial charge on any atom is -0.497 e. The van der Waals surface area contributed by atoms with E-state index in [2.05, 4.69) is 51.5 Å². The van der Waals surface area contributed by atoms with Gasteiger partial charge in [-0.1, -0.05) is 42.8 Å². The lowest BCUT2D eigenvalue weighted by atomic mass is 9.95. The molecule has 0 atom stereocenters. The van der Waals surface area contributed by atoms with Gasteiger partial charge in [-0.25, -0.2) is 0 Å². The number of carbonyl (C=O) groups excluding carboxylic acids is 1.